The molecule has 7 heteroatoms. The van der Waals surface area contributed by atoms with Crippen molar-refractivity contribution in [1.82, 2.24) is 10.2 Å². The minimum atomic E-state index is -4.36. The van der Waals surface area contributed by atoms with Crippen LogP contribution in [0.2, 0.25) is 0 Å². The number of carbonyl (C=O) groups excluding carboxylic acids is 1. The van der Waals surface area contributed by atoms with Crippen LogP contribution in [0.5, 0.6) is 0 Å². The van der Waals surface area contributed by atoms with Gasteiger partial charge in [0.05, 0.1) is 19.1 Å². The maximum absolute atomic E-state index is 12.6. The molecule has 0 saturated carbocycles. The summed E-state index contributed by atoms with van der Waals surface area (Å²) in [4.78, 5) is 13.2. The van der Waals surface area contributed by atoms with Crippen LogP contribution in [0.15, 0.2) is 0 Å². The third-order valence-corrected chi connectivity index (χ3v) is 3.33. The molecule has 1 aliphatic heterocycles. The van der Waals surface area contributed by atoms with Crippen molar-refractivity contribution in [2.75, 3.05) is 32.8 Å². The van der Waals surface area contributed by atoms with Crippen LogP contribution >= 0.6 is 0 Å². The lowest BCUT2D eigenvalue weighted by atomic mass is 10.0. The molecule has 0 radical (unpaired) electrons. The summed E-state index contributed by atoms with van der Waals surface area (Å²) in [5, 5.41) is 3.10. The van der Waals surface area contributed by atoms with E-state index in [1.165, 1.54) is 0 Å². The summed E-state index contributed by atoms with van der Waals surface area (Å²) in [5.74, 6) is -0.978. The summed E-state index contributed by atoms with van der Waals surface area (Å²) in [6.45, 7) is 3.97. The van der Waals surface area contributed by atoms with Crippen LogP contribution < -0.4 is 5.32 Å². The Kier molecular flexibility index (Phi) is 6.75. The second-order valence-corrected chi connectivity index (χ2v) is 5.04. The number of rotatable bonds is 7. The number of nitrogens with zero attached hydrogens (tertiary/aromatic N) is 1. The number of carbonyl (C=O) groups is 1. The highest BCUT2D eigenvalue weighted by Crippen LogP contribution is 2.22. The fourth-order valence-electron chi connectivity index (χ4n) is 2.33. The summed E-state index contributed by atoms with van der Waals surface area (Å²) >= 11 is 0. The molecule has 20 heavy (non-hydrogen) atoms. The standard InChI is InChI=1S/C13H23F3N2O2/c1-3-5-6-18(9-13(14,15)16)12(19)10-7-20-8-11(10)17-4-2/h10-11,17H,3-9H2,1-2H3. The lowest BCUT2D eigenvalue weighted by Crippen LogP contribution is -2.48. The van der Waals surface area contributed by atoms with Gasteiger partial charge in [0.25, 0.3) is 0 Å². The van der Waals surface area contributed by atoms with E-state index in [2.05, 4.69) is 5.32 Å². The van der Waals surface area contributed by atoms with Crippen molar-refractivity contribution in [3.8, 4) is 0 Å². The summed E-state index contributed by atoms with van der Waals surface area (Å²) in [6, 6.07) is -0.190. The van der Waals surface area contributed by atoms with E-state index in [-0.39, 0.29) is 19.2 Å². The highest BCUT2D eigenvalue weighted by atomic mass is 19.4. The van der Waals surface area contributed by atoms with Gasteiger partial charge in [0.1, 0.15) is 6.54 Å². The molecule has 1 fully saturated rings. The average Bonchev–Trinajstić information content (AvgIpc) is 2.81. The van der Waals surface area contributed by atoms with E-state index in [0.717, 1.165) is 11.3 Å². The fraction of sp³-hybridized carbons (Fsp3) is 0.923. The molecule has 4 nitrogen and oxygen atoms in total. The number of hydrogen-bond donors (Lipinski definition) is 1. The van der Waals surface area contributed by atoms with Crippen molar-refractivity contribution in [2.45, 2.75) is 38.9 Å². The summed E-state index contributed by atoms with van der Waals surface area (Å²) < 4.78 is 43.0. The van der Waals surface area contributed by atoms with Gasteiger partial charge in [-0.2, -0.15) is 13.2 Å². The number of nitrogens with one attached hydrogen (secondary N) is 1. The summed E-state index contributed by atoms with van der Waals surface area (Å²) in [7, 11) is 0. The third kappa shape index (κ3) is 5.28. The molecular formula is C13H23F3N2O2. The molecular weight excluding hydrogens is 273 g/mol. The van der Waals surface area contributed by atoms with E-state index >= 15 is 0 Å². The minimum absolute atomic E-state index is 0.143. The molecule has 1 saturated heterocycles. The van der Waals surface area contributed by atoms with Gasteiger partial charge in [-0.25, -0.2) is 0 Å². The third-order valence-electron chi connectivity index (χ3n) is 3.33. The largest absolute Gasteiger partial charge is 0.406 e. The first-order chi connectivity index (χ1) is 9.39. The molecule has 2 atom stereocenters. The monoisotopic (exact) mass is 296 g/mol. The zero-order valence-electron chi connectivity index (χ0n) is 12.0. The molecule has 2 unspecified atom stereocenters. The Hall–Kier alpha value is -0.820. The van der Waals surface area contributed by atoms with Crippen molar-refractivity contribution in [3.05, 3.63) is 0 Å². The predicted octanol–water partition coefficient (Wildman–Crippen LogP) is 1.80. The van der Waals surface area contributed by atoms with Crippen LogP contribution in [0.1, 0.15) is 26.7 Å². The number of hydrogen-bond acceptors (Lipinski definition) is 3. The van der Waals surface area contributed by atoms with Gasteiger partial charge in [0, 0.05) is 12.6 Å². The van der Waals surface area contributed by atoms with E-state index in [9.17, 15) is 18.0 Å². The van der Waals surface area contributed by atoms with Gasteiger partial charge in [0.15, 0.2) is 0 Å². The van der Waals surface area contributed by atoms with E-state index in [0.29, 0.717) is 19.6 Å². The van der Waals surface area contributed by atoms with Gasteiger partial charge < -0.3 is 15.0 Å². The zero-order chi connectivity index (χ0) is 15.2. The Labute approximate surface area is 117 Å². The average molecular weight is 296 g/mol. The SMILES string of the molecule is CCCCN(CC(F)(F)F)C(=O)C1COCC1NCC. The lowest BCUT2D eigenvalue weighted by molar-refractivity contribution is -0.164. The van der Waals surface area contributed by atoms with E-state index < -0.39 is 24.5 Å². The molecule has 1 rings (SSSR count). The lowest BCUT2D eigenvalue weighted by Gasteiger charge is -2.28. The normalized spacial score (nSPS) is 23.1. The van der Waals surface area contributed by atoms with Gasteiger partial charge in [-0.05, 0) is 13.0 Å². The molecule has 0 bridgehead atoms. The predicted molar refractivity (Wildman–Crippen MR) is 69.3 cm³/mol. The second kappa shape index (κ2) is 7.83. The number of unbranched alkanes of at least 4 members (excludes halogenated alkanes) is 1. The molecule has 1 aliphatic rings. The van der Waals surface area contributed by atoms with Gasteiger partial charge >= 0.3 is 6.18 Å². The first-order valence-corrected chi connectivity index (χ1v) is 7.05. The van der Waals surface area contributed by atoms with Gasteiger partial charge in [-0.1, -0.05) is 20.3 Å². The van der Waals surface area contributed by atoms with Crippen molar-refractivity contribution in [3.63, 3.8) is 0 Å². The number of alkyl halides is 3. The molecule has 0 aromatic rings. The van der Waals surface area contributed by atoms with Gasteiger partial charge in [0.2, 0.25) is 5.91 Å². The molecule has 0 aromatic carbocycles. The Morgan fingerprint density at radius 2 is 2.05 bits per heavy atom. The topological polar surface area (TPSA) is 41.6 Å². The Morgan fingerprint density at radius 1 is 1.35 bits per heavy atom. The van der Waals surface area contributed by atoms with Crippen molar-refractivity contribution in [1.29, 1.82) is 0 Å². The Morgan fingerprint density at radius 3 is 2.60 bits per heavy atom. The Balaban J connectivity index is 2.70. The number of likely N-dealkylation sites (N-methyl/N-ethyl adjacent to an activating group) is 1. The fourth-order valence-corrected chi connectivity index (χ4v) is 2.33. The highest BCUT2D eigenvalue weighted by molar-refractivity contribution is 5.80. The van der Waals surface area contributed by atoms with Crippen LogP contribution in [-0.4, -0.2) is 55.9 Å². The molecule has 0 aliphatic carbocycles. The molecule has 1 amide bonds. The minimum Gasteiger partial charge on any atom is -0.379 e. The van der Waals surface area contributed by atoms with E-state index in [4.69, 9.17) is 4.74 Å². The molecule has 118 valence electrons. The van der Waals surface area contributed by atoms with Gasteiger partial charge in [-0.15, -0.1) is 0 Å². The number of halogens is 3. The number of ether oxygens (including phenoxy) is 1. The van der Waals surface area contributed by atoms with Crippen LogP contribution in [0.3, 0.4) is 0 Å². The maximum Gasteiger partial charge on any atom is 0.406 e. The highest BCUT2D eigenvalue weighted by Gasteiger charge is 2.39. The van der Waals surface area contributed by atoms with Crippen LogP contribution in [0.4, 0.5) is 13.2 Å². The molecule has 0 spiro atoms. The van der Waals surface area contributed by atoms with Crippen molar-refractivity contribution in [2.24, 2.45) is 5.92 Å². The summed E-state index contributed by atoms with van der Waals surface area (Å²) in [6.07, 6.45) is -3.04. The zero-order valence-corrected chi connectivity index (χ0v) is 12.0. The first kappa shape index (κ1) is 17.2. The van der Waals surface area contributed by atoms with E-state index in [1.54, 1.807) is 0 Å². The maximum atomic E-state index is 12.6. The van der Waals surface area contributed by atoms with E-state index in [1.807, 2.05) is 13.8 Å². The molecule has 1 N–H and O–H groups in total. The Bertz CT molecular complexity index is 310. The van der Waals surface area contributed by atoms with Crippen molar-refractivity contribution >= 4 is 5.91 Å². The van der Waals surface area contributed by atoms with Crippen molar-refractivity contribution < 1.29 is 22.7 Å². The number of amides is 1. The van der Waals surface area contributed by atoms with Crippen LogP contribution in [-0.2, 0) is 9.53 Å². The van der Waals surface area contributed by atoms with Gasteiger partial charge in [-0.3, -0.25) is 4.79 Å². The van der Waals surface area contributed by atoms with Crippen LogP contribution in [0.25, 0.3) is 0 Å². The van der Waals surface area contributed by atoms with Crippen LogP contribution in [0, 0.1) is 5.92 Å². The second-order valence-electron chi connectivity index (χ2n) is 5.04. The smallest absolute Gasteiger partial charge is 0.379 e. The quantitative estimate of drug-likeness (QED) is 0.779. The molecule has 0 aromatic heterocycles. The first-order valence-electron chi connectivity index (χ1n) is 7.05. The summed E-state index contributed by atoms with van der Waals surface area (Å²) in [5.41, 5.74) is 0. The molecule has 1 heterocycles.